The standard InChI is InChI=1S/C11H14N6O3S2/c18-11(14-9-1-6-21-7-9)16-2-4-17(5-3-16)22(19,20)10-12-8-13-15-10/h1,6-8H,2-5H2,(H,14,18)(H,12,13,15). The van der Waals surface area contributed by atoms with Gasteiger partial charge in [-0.3, -0.25) is 0 Å². The summed E-state index contributed by atoms with van der Waals surface area (Å²) in [7, 11) is -3.67. The number of sulfonamides is 1. The molecular weight excluding hydrogens is 328 g/mol. The average molecular weight is 342 g/mol. The highest BCUT2D eigenvalue weighted by Gasteiger charge is 2.31. The van der Waals surface area contributed by atoms with Gasteiger partial charge >= 0.3 is 6.03 Å². The van der Waals surface area contributed by atoms with E-state index >= 15 is 0 Å². The van der Waals surface area contributed by atoms with Crippen molar-refractivity contribution in [2.24, 2.45) is 0 Å². The lowest BCUT2D eigenvalue weighted by molar-refractivity contribution is 0.184. The van der Waals surface area contributed by atoms with Crippen LogP contribution in [0, 0.1) is 0 Å². The molecule has 3 heterocycles. The van der Waals surface area contributed by atoms with E-state index in [0.29, 0.717) is 13.1 Å². The van der Waals surface area contributed by atoms with Crippen molar-refractivity contribution in [2.75, 3.05) is 31.5 Å². The van der Waals surface area contributed by atoms with Crippen molar-refractivity contribution in [3.63, 3.8) is 0 Å². The smallest absolute Gasteiger partial charge is 0.321 e. The van der Waals surface area contributed by atoms with Gasteiger partial charge in [0.1, 0.15) is 6.33 Å². The van der Waals surface area contributed by atoms with Gasteiger partial charge in [-0.25, -0.2) is 23.3 Å². The molecule has 1 aliphatic heterocycles. The van der Waals surface area contributed by atoms with Gasteiger partial charge in [-0.1, -0.05) is 0 Å². The molecule has 2 N–H and O–H groups in total. The van der Waals surface area contributed by atoms with E-state index in [9.17, 15) is 13.2 Å². The second-order valence-electron chi connectivity index (χ2n) is 4.62. The topological polar surface area (TPSA) is 111 Å². The summed E-state index contributed by atoms with van der Waals surface area (Å²) in [6.45, 7) is 1.09. The molecule has 2 aromatic heterocycles. The fraction of sp³-hybridized carbons (Fsp3) is 0.364. The van der Waals surface area contributed by atoms with E-state index < -0.39 is 10.0 Å². The molecule has 0 bridgehead atoms. The van der Waals surface area contributed by atoms with Crippen molar-refractivity contribution < 1.29 is 13.2 Å². The van der Waals surface area contributed by atoms with Crippen LogP contribution in [0.3, 0.4) is 0 Å². The van der Waals surface area contributed by atoms with Gasteiger partial charge < -0.3 is 10.2 Å². The number of nitrogens with one attached hydrogen (secondary N) is 2. The van der Waals surface area contributed by atoms with Crippen LogP contribution in [0.2, 0.25) is 0 Å². The Kier molecular flexibility index (Phi) is 4.09. The molecule has 1 fully saturated rings. The van der Waals surface area contributed by atoms with E-state index in [1.165, 1.54) is 15.6 Å². The molecule has 0 atom stereocenters. The minimum absolute atomic E-state index is 0.177. The SMILES string of the molecule is O=C(Nc1ccsc1)N1CCN(S(=O)(=O)c2ncn[nH]2)CC1. The Balaban J connectivity index is 1.60. The molecule has 22 heavy (non-hydrogen) atoms. The van der Waals surface area contributed by atoms with E-state index in [4.69, 9.17) is 0 Å². The molecule has 118 valence electrons. The lowest BCUT2D eigenvalue weighted by Gasteiger charge is -2.33. The predicted octanol–water partition coefficient (Wildman–Crippen LogP) is 0.405. The molecule has 0 saturated carbocycles. The molecular formula is C11H14N6O3S2. The van der Waals surface area contributed by atoms with Crippen LogP contribution in [-0.2, 0) is 10.0 Å². The van der Waals surface area contributed by atoms with Crippen LogP contribution >= 0.6 is 11.3 Å². The first kappa shape index (κ1) is 14.9. The Morgan fingerprint density at radius 2 is 2.09 bits per heavy atom. The molecule has 3 rings (SSSR count). The number of hydrogen-bond donors (Lipinski definition) is 2. The molecule has 2 aromatic rings. The van der Waals surface area contributed by atoms with Crippen LogP contribution in [0.25, 0.3) is 0 Å². The molecule has 0 aliphatic carbocycles. The highest BCUT2D eigenvalue weighted by molar-refractivity contribution is 7.88. The number of hydrogen-bond acceptors (Lipinski definition) is 6. The number of rotatable bonds is 3. The molecule has 0 spiro atoms. The highest BCUT2D eigenvalue weighted by Crippen LogP contribution is 2.16. The van der Waals surface area contributed by atoms with E-state index in [1.807, 2.05) is 16.8 Å². The van der Waals surface area contributed by atoms with Crippen LogP contribution in [0.4, 0.5) is 10.5 Å². The predicted molar refractivity (Wildman–Crippen MR) is 80.1 cm³/mol. The number of amides is 2. The molecule has 2 amide bonds. The van der Waals surface area contributed by atoms with Gasteiger partial charge in [0.15, 0.2) is 0 Å². The summed E-state index contributed by atoms with van der Waals surface area (Å²) >= 11 is 1.49. The summed E-state index contributed by atoms with van der Waals surface area (Å²) in [5.74, 6) is 0. The third-order valence-corrected chi connectivity index (χ3v) is 5.69. The normalized spacial score (nSPS) is 16.6. The van der Waals surface area contributed by atoms with Gasteiger partial charge in [-0.2, -0.15) is 20.7 Å². The van der Waals surface area contributed by atoms with Gasteiger partial charge in [0.25, 0.3) is 15.2 Å². The van der Waals surface area contributed by atoms with E-state index in [0.717, 1.165) is 12.0 Å². The fourth-order valence-electron chi connectivity index (χ4n) is 2.11. The zero-order valence-electron chi connectivity index (χ0n) is 11.5. The Morgan fingerprint density at radius 1 is 1.32 bits per heavy atom. The van der Waals surface area contributed by atoms with Gasteiger partial charge in [0.05, 0.1) is 5.69 Å². The lowest BCUT2D eigenvalue weighted by atomic mass is 10.4. The molecule has 9 nitrogen and oxygen atoms in total. The summed E-state index contributed by atoms with van der Waals surface area (Å²) < 4.78 is 25.8. The summed E-state index contributed by atoms with van der Waals surface area (Å²) in [6, 6.07) is 1.59. The first-order valence-corrected chi connectivity index (χ1v) is 8.89. The molecule has 1 saturated heterocycles. The van der Waals surface area contributed by atoms with Crippen LogP contribution in [-0.4, -0.2) is 65.0 Å². The summed E-state index contributed by atoms with van der Waals surface area (Å²) in [5, 5.41) is 12.2. The van der Waals surface area contributed by atoms with Crippen LogP contribution in [0.5, 0.6) is 0 Å². The highest BCUT2D eigenvalue weighted by atomic mass is 32.2. The van der Waals surface area contributed by atoms with Gasteiger partial charge in [0.2, 0.25) is 0 Å². The Bertz CT molecular complexity index is 720. The number of carbonyl (C=O) groups excluding carboxylic acids is 1. The fourth-order valence-corrected chi connectivity index (χ4v) is 3.94. The van der Waals surface area contributed by atoms with Crippen molar-refractivity contribution in [3.8, 4) is 0 Å². The third-order valence-electron chi connectivity index (χ3n) is 3.28. The van der Waals surface area contributed by atoms with Crippen LogP contribution < -0.4 is 5.32 Å². The van der Waals surface area contributed by atoms with E-state index in [1.54, 1.807) is 4.90 Å². The summed E-state index contributed by atoms with van der Waals surface area (Å²) in [4.78, 5) is 17.3. The maximum atomic E-state index is 12.3. The Hall–Kier alpha value is -1.98. The van der Waals surface area contributed by atoms with Crippen molar-refractivity contribution in [3.05, 3.63) is 23.2 Å². The quantitative estimate of drug-likeness (QED) is 0.839. The first-order chi connectivity index (χ1) is 10.6. The van der Waals surface area contributed by atoms with E-state index in [-0.39, 0.29) is 24.3 Å². The van der Waals surface area contributed by atoms with Gasteiger partial charge in [-0.05, 0) is 11.4 Å². The Morgan fingerprint density at radius 3 is 2.68 bits per heavy atom. The number of anilines is 1. The van der Waals surface area contributed by atoms with Crippen molar-refractivity contribution in [1.29, 1.82) is 0 Å². The molecule has 0 aromatic carbocycles. The summed E-state index contributed by atoms with van der Waals surface area (Å²) in [6.07, 6.45) is 1.15. The third kappa shape index (κ3) is 2.96. The van der Waals surface area contributed by atoms with E-state index in [2.05, 4.69) is 20.5 Å². The van der Waals surface area contributed by atoms with Crippen molar-refractivity contribution in [2.45, 2.75) is 5.16 Å². The van der Waals surface area contributed by atoms with Gasteiger partial charge in [0, 0.05) is 31.6 Å². The number of aromatic nitrogens is 3. The number of thiophene rings is 1. The molecule has 11 heteroatoms. The second kappa shape index (κ2) is 6.02. The Labute approximate surface area is 131 Å². The zero-order chi connectivity index (χ0) is 15.6. The number of nitrogens with zero attached hydrogens (tertiary/aromatic N) is 4. The average Bonchev–Trinajstić information content (AvgIpc) is 3.21. The first-order valence-electron chi connectivity index (χ1n) is 6.51. The molecule has 0 radical (unpaired) electrons. The van der Waals surface area contributed by atoms with Gasteiger partial charge in [-0.15, -0.1) is 0 Å². The molecule has 1 aliphatic rings. The minimum Gasteiger partial charge on any atom is -0.322 e. The number of carbonyl (C=O) groups is 1. The second-order valence-corrected chi connectivity index (χ2v) is 7.26. The minimum atomic E-state index is -3.67. The van der Waals surface area contributed by atoms with Crippen molar-refractivity contribution in [1.82, 2.24) is 24.4 Å². The zero-order valence-corrected chi connectivity index (χ0v) is 13.1. The lowest BCUT2D eigenvalue weighted by Crippen LogP contribution is -2.51. The molecule has 0 unspecified atom stereocenters. The number of piperazine rings is 1. The number of urea groups is 1. The summed E-state index contributed by atoms with van der Waals surface area (Å²) in [5.41, 5.74) is 0.742. The number of aromatic amines is 1. The van der Waals surface area contributed by atoms with Crippen LogP contribution in [0.15, 0.2) is 28.3 Å². The maximum absolute atomic E-state index is 12.3. The monoisotopic (exact) mass is 342 g/mol. The van der Waals surface area contributed by atoms with Crippen molar-refractivity contribution >= 4 is 33.1 Å². The van der Waals surface area contributed by atoms with Crippen LogP contribution in [0.1, 0.15) is 0 Å². The maximum Gasteiger partial charge on any atom is 0.321 e. The number of H-pyrrole nitrogens is 1. The largest absolute Gasteiger partial charge is 0.322 e.